The summed E-state index contributed by atoms with van der Waals surface area (Å²) in [6.07, 6.45) is 2.05. The molecule has 2 N–H and O–H groups in total. The van der Waals surface area contributed by atoms with E-state index in [2.05, 4.69) is 31.5 Å². The van der Waals surface area contributed by atoms with Crippen molar-refractivity contribution >= 4 is 21.8 Å². The van der Waals surface area contributed by atoms with E-state index in [9.17, 15) is 9.18 Å². The summed E-state index contributed by atoms with van der Waals surface area (Å²) in [5.74, 6) is -0.168. The number of amides is 1. The van der Waals surface area contributed by atoms with Gasteiger partial charge in [0.25, 0.3) is 0 Å². The van der Waals surface area contributed by atoms with Gasteiger partial charge >= 0.3 is 0 Å². The fourth-order valence-electron chi connectivity index (χ4n) is 2.49. The Morgan fingerprint density at radius 3 is 2.76 bits per heavy atom. The van der Waals surface area contributed by atoms with Crippen molar-refractivity contribution < 1.29 is 9.18 Å². The van der Waals surface area contributed by atoms with Crippen LogP contribution < -0.4 is 10.6 Å². The largest absolute Gasteiger partial charge is 0.358 e. The highest BCUT2D eigenvalue weighted by Gasteiger charge is 2.20. The highest BCUT2D eigenvalue weighted by atomic mass is 79.9. The molecule has 1 saturated heterocycles. The van der Waals surface area contributed by atoms with Crippen molar-refractivity contribution in [2.24, 2.45) is 0 Å². The minimum Gasteiger partial charge on any atom is -0.358 e. The van der Waals surface area contributed by atoms with Gasteiger partial charge in [-0.05, 0) is 46.5 Å². The Hall–Kier alpha value is -0.980. The summed E-state index contributed by atoms with van der Waals surface area (Å²) in [6.45, 7) is 3.07. The number of likely N-dealkylation sites (N-methyl/N-ethyl adjacent to an activating group) is 1. The van der Waals surface area contributed by atoms with Crippen molar-refractivity contribution in [2.45, 2.75) is 25.4 Å². The fraction of sp³-hybridized carbons (Fsp3) is 0.533. The van der Waals surface area contributed by atoms with E-state index in [0.717, 1.165) is 38.0 Å². The molecule has 4 nitrogen and oxygen atoms in total. The first kappa shape index (κ1) is 16.4. The van der Waals surface area contributed by atoms with Crippen LogP contribution in [0.2, 0.25) is 0 Å². The number of rotatable bonds is 5. The summed E-state index contributed by atoms with van der Waals surface area (Å²) in [5, 5.41) is 6.15. The lowest BCUT2D eigenvalue weighted by molar-refractivity contribution is -0.122. The molecule has 0 radical (unpaired) electrons. The molecule has 1 aromatic rings. The normalized spacial score (nSPS) is 16.9. The van der Waals surface area contributed by atoms with Gasteiger partial charge in [0.2, 0.25) is 5.91 Å². The first-order chi connectivity index (χ1) is 10.1. The van der Waals surface area contributed by atoms with E-state index in [1.807, 2.05) is 6.07 Å². The Labute approximate surface area is 133 Å². The molecule has 0 bridgehead atoms. The summed E-state index contributed by atoms with van der Waals surface area (Å²) >= 11 is 3.20. The van der Waals surface area contributed by atoms with Crippen LogP contribution in [0.25, 0.3) is 0 Å². The average Bonchev–Trinajstić information content (AvgIpc) is 2.50. The molecule has 1 aliphatic rings. The zero-order valence-electron chi connectivity index (χ0n) is 12.2. The average molecular weight is 358 g/mol. The number of benzene rings is 1. The number of nitrogens with one attached hydrogen (secondary N) is 2. The van der Waals surface area contributed by atoms with E-state index in [-0.39, 0.29) is 11.7 Å². The van der Waals surface area contributed by atoms with Gasteiger partial charge in [0.15, 0.2) is 0 Å². The Kier molecular flexibility index (Phi) is 6.14. The second-order valence-electron chi connectivity index (χ2n) is 5.35. The fourth-order valence-corrected chi connectivity index (χ4v) is 2.92. The number of halogens is 2. The molecule has 0 saturated carbocycles. The molecule has 0 spiro atoms. The lowest BCUT2D eigenvalue weighted by Crippen LogP contribution is -2.45. The summed E-state index contributed by atoms with van der Waals surface area (Å²) in [4.78, 5) is 13.5. The topological polar surface area (TPSA) is 44.4 Å². The van der Waals surface area contributed by atoms with Crippen molar-refractivity contribution in [2.75, 3.05) is 26.7 Å². The molecule has 0 aromatic heterocycles. The van der Waals surface area contributed by atoms with Crippen LogP contribution in [0.1, 0.15) is 18.4 Å². The Morgan fingerprint density at radius 1 is 1.43 bits per heavy atom. The van der Waals surface area contributed by atoms with E-state index in [0.29, 0.717) is 17.1 Å². The van der Waals surface area contributed by atoms with Gasteiger partial charge in [-0.1, -0.05) is 6.07 Å². The highest BCUT2D eigenvalue weighted by Crippen LogP contribution is 2.17. The quantitative estimate of drug-likeness (QED) is 0.845. The maximum absolute atomic E-state index is 13.2. The van der Waals surface area contributed by atoms with E-state index < -0.39 is 0 Å². The number of carbonyl (C=O) groups is 1. The lowest BCUT2D eigenvalue weighted by Gasteiger charge is -2.31. The zero-order chi connectivity index (χ0) is 15.2. The SMILES string of the molecule is CNC(=O)CN1CCC(NCc2ccc(F)c(Br)c2)CC1. The first-order valence-electron chi connectivity index (χ1n) is 7.18. The van der Waals surface area contributed by atoms with Gasteiger partial charge in [-0.25, -0.2) is 4.39 Å². The van der Waals surface area contributed by atoms with E-state index in [1.54, 1.807) is 13.1 Å². The third-order valence-electron chi connectivity index (χ3n) is 3.81. The van der Waals surface area contributed by atoms with Crippen molar-refractivity contribution in [3.8, 4) is 0 Å². The molecule has 0 aliphatic carbocycles. The molecule has 0 atom stereocenters. The van der Waals surface area contributed by atoms with Crippen molar-refractivity contribution in [1.29, 1.82) is 0 Å². The number of likely N-dealkylation sites (tertiary alicyclic amines) is 1. The third kappa shape index (κ3) is 5.05. The second kappa shape index (κ2) is 7.87. The Balaban J connectivity index is 1.73. The summed E-state index contributed by atoms with van der Waals surface area (Å²) in [7, 11) is 1.66. The van der Waals surface area contributed by atoms with Gasteiger partial charge in [0.1, 0.15) is 5.82 Å². The maximum Gasteiger partial charge on any atom is 0.233 e. The summed E-state index contributed by atoms with van der Waals surface area (Å²) in [5.41, 5.74) is 1.07. The second-order valence-corrected chi connectivity index (χ2v) is 6.21. The number of hydrogen-bond donors (Lipinski definition) is 2. The van der Waals surface area contributed by atoms with Crippen LogP contribution in [-0.2, 0) is 11.3 Å². The van der Waals surface area contributed by atoms with Crippen molar-refractivity contribution in [1.82, 2.24) is 15.5 Å². The van der Waals surface area contributed by atoms with Gasteiger partial charge in [0.05, 0.1) is 11.0 Å². The molecule has 1 amide bonds. The molecule has 6 heteroatoms. The molecular weight excluding hydrogens is 337 g/mol. The van der Waals surface area contributed by atoms with Gasteiger partial charge in [0, 0.05) is 32.7 Å². The van der Waals surface area contributed by atoms with Gasteiger partial charge in [-0.3, -0.25) is 9.69 Å². The van der Waals surface area contributed by atoms with Crippen LogP contribution >= 0.6 is 15.9 Å². The van der Waals surface area contributed by atoms with E-state index in [4.69, 9.17) is 0 Å². The van der Waals surface area contributed by atoms with Crippen LogP contribution in [0.4, 0.5) is 4.39 Å². The zero-order valence-corrected chi connectivity index (χ0v) is 13.7. The smallest absolute Gasteiger partial charge is 0.233 e. The van der Waals surface area contributed by atoms with Gasteiger partial charge in [-0.15, -0.1) is 0 Å². The van der Waals surface area contributed by atoms with Crippen LogP contribution in [0.3, 0.4) is 0 Å². The van der Waals surface area contributed by atoms with Crippen molar-refractivity contribution in [3.05, 3.63) is 34.1 Å². The van der Waals surface area contributed by atoms with Gasteiger partial charge in [-0.2, -0.15) is 0 Å². The molecule has 21 heavy (non-hydrogen) atoms. The molecule has 1 aliphatic heterocycles. The molecule has 1 heterocycles. The molecule has 116 valence electrons. The van der Waals surface area contributed by atoms with Gasteiger partial charge < -0.3 is 10.6 Å². The Bertz CT molecular complexity index is 490. The maximum atomic E-state index is 13.2. The number of hydrogen-bond acceptors (Lipinski definition) is 3. The predicted molar refractivity (Wildman–Crippen MR) is 84.5 cm³/mol. The molecule has 1 aromatic carbocycles. The van der Waals surface area contributed by atoms with Crippen LogP contribution in [-0.4, -0.2) is 43.5 Å². The van der Waals surface area contributed by atoms with Crippen LogP contribution in [0, 0.1) is 5.82 Å². The molecule has 0 unspecified atom stereocenters. The first-order valence-corrected chi connectivity index (χ1v) is 7.98. The lowest BCUT2D eigenvalue weighted by atomic mass is 10.0. The standard InChI is InChI=1S/C15H21BrFN3O/c1-18-15(21)10-20-6-4-12(5-7-20)19-9-11-2-3-14(17)13(16)8-11/h2-3,8,12,19H,4-7,9-10H2,1H3,(H,18,21). The summed E-state index contributed by atoms with van der Waals surface area (Å²) < 4.78 is 13.7. The molecule has 1 fully saturated rings. The minimum absolute atomic E-state index is 0.0672. The van der Waals surface area contributed by atoms with Crippen LogP contribution in [0.15, 0.2) is 22.7 Å². The van der Waals surface area contributed by atoms with E-state index >= 15 is 0 Å². The third-order valence-corrected chi connectivity index (χ3v) is 4.42. The highest BCUT2D eigenvalue weighted by molar-refractivity contribution is 9.10. The van der Waals surface area contributed by atoms with Crippen molar-refractivity contribution in [3.63, 3.8) is 0 Å². The molecular formula is C15H21BrFN3O. The van der Waals surface area contributed by atoms with E-state index in [1.165, 1.54) is 6.07 Å². The summed E-state index contributed by atoms with van der Waals surface area (Å²) in [6, 6.07) is 5.54. The minimum atomic E-state index is -0.235. The Morgan fingerprint density at radius 2 is 2.14 bits per heavy atom. The number of carbonyl (C=O) groups excluding carboxylic acids is 1. The number of piperidine rings is 1. The van der Waals surface area contributed by atoms with Crippen LogP contribution in [0.5, 0.6) is 0 Å². The number of nitrogens with zero attached hydrogens (tertiary/aromatic N) is 1. The molecule has 2 rings (SSSR count). The predicted octanol–water partition coefficient (Wildman–Crippen LogP) is 1.89. The monoisotopic (exact) mass is 357 g/mol.